The van der Waals surface area contributed by atoms with Gasteiger partial charge in [0.1, 0.15) is 0 Å². The predicted molar refractivity (Wildman–Crippen MR) is 129 cm³/mol. The van der Waals surface area contributed by atoms with Crippen LogP contribution in [0.15, 0.2) is 0 Å². The lowest BCUT2D eigenvalue weighted by molar-refractivity contribution is 0.0716. The highest BCUT2D eigenvalue weighted by Gasteiger charge is 2.44. The fraction of sp³-hybridized carbons (Fsp3) is 1.00. The second kappa shape index (κ2) is 14.9. The third-order valence-corrected chi connectivity index (χ3v) is 11.7. The topological polar surface area (TPSA) is 19.0 Å². The van der Waals surface area contributed by atoms with E-state index in [0.29, 0.717) is 0 Å². The third kappa shape index (κ3) is 8.82. The molecule has 28 heavy (non-hydrogen) atoms. The predicted octanol–water partition coefficient (Wildman–Crippen LogP) is 5.02. The molecule has 0 N–H and O–H groups in total. The monoisotopic (exact) mass is 415 g/mol. The summed E-state index contributed by atoms with van der Waals surface area (Å²) in [5.74, 6) is 0. The van der Waals surface area contributed by atoms with Crippen LogP contribution in [0.25, 0.3) is 0 Å². The van der Waals surface area contributed by atoms with Gasteiger partial charge < -0.3 is 19.1 Å². The Morgan fingerprint density at radius 2 is 0.893 bits per heavy atom. The molecule has 0 radical (unpaired) electrons. The second-order valence-corrected chi connectivity index (χ2v) is 12.8. The Balaban J connectivity index is 6.14. The van der Waals surface area contributed by atoms with Crippen LogP contribution in [0, 0.1) is 5.41 Å². The summed E-state index contributed by atoms with van der Waals surface area (Å²) >= 11 is 0. The molecule has 0 atom stereocenters. The summed E-state index contributed by atoms with van der Waals surface area (Å²) < 4.78 is 6.61. The first-order valence-electron chi connectivity index (χ1n) is 12.2. The van der Waals surface area contributed by atoms with Crippen LogP contribution >= 0.6 is 0 Å². The number of hydrogen-bond donors (Lipinski definition) is 0. The van der Waals surface area contributed by atoms with Gasteiger partial charge in [-0.15, -0.1) is 0 Å². The molecule has 170 valence electrons. The van der Waals surface area contributed by atoms with Crippen molar-refractivity contribution >= 4 is 8.32 Å². The molecule has 0 aliphatic heterocycles. The normalized spacial score (nSPS) is 13.3. The largest absolute Gasteiger partial charge is 0.417 e. The molecule has 0 amide bonds. The van der Waals surface area contributed by atoms with Gasteiger partial charge in [-0.25, -0.2) is 0 Å². The highest BCUT2D eigenvalue weighted by molar-refractivity contribution is 6.73. The Hall–Kier alpha value is 0.0569. The molecule has 0 bridgehead atoms. The minimum Gasteiger partial charge on any atom is -0.417 e. The molecule has 0 aromatic rings. The molecule has 0 heterocycles. The zero-order chi connectivity index (χ0) is 21.6. The van der Waals surface area contributed by atoms with Gasteiger partial charge in [0.25, 0.3) is 0 Å². The number of rotatable bonds is 18. The van der Waals surface area contributed by atoms with Crippen LogP contribution in [0.2, 0.25) is 18.1 Å². The van der Waals surface area contributed by atoms with Gasteiger partial charge >= 0.3 is 0 Å². The SMILES string of the molecule is CCO[Si](CC)(CC)CC(CN(CC)CC)(CN(CC)CC)CN(CC)CC. The molecule has 4 nitrogen and oxygen atoms in total. The molecule has 5 heteroatoms. The lowest BCUT2D eigenvalue weighted by atomic mass is 9.87. The summed E-state index contributed by atoms with van der Waals surface area (Å²) in [5.41, 5.74) is 0.275. The van der Waals surface area contributed by atoms with E-state index in [2.05, 4.69) is 77.0 Å². The van der Waals surface area contributed by atoms with Crippen LogP contribution in [0.5, 0.6) is 0 Å². The van der Waals surface area contributed by atoms with Crippen molar-refractivity contribution in [2.24, 2.45) is 5.41 Å². The molecule has 0 saturated heterocycles. The molecular weight excluding hydrogens is 362 g/mol. The van der Waals surface area contributed by atoms with Crippen LogP contribution in [0.3, 0.4) is 0 Å². The second-order valence-electron chi connectivity index (χ2n) is 8.38. The van der Waals surface area contributed by atoms with E-state index in [4.69, 9.17) is 4.43 Å². The Morgan fingerprint density at radius 3 is 1.11 bits per heavy atom. The van der Waals surface area contributed by atoms with Crippen LogP contribution in [-0.2, 0) is 4.43 Å². The summed E-state index contributed by atoms with van der Waals surface area (Å²) in [6.45, 7) is 32.1. The van der Waals surface area contributed by atoms with E-state index in [9.17, 15) is 0 Å². The van der Waals surface area contributed by atoms with Crippen LogP contribution in [0.1, 0.15) is 62.3 Å². The summed E-state index contributed by atoms with van der Waals surface area (Å²) in [7, 11) is -1.74. The van der Waals surface area contributed by atoms with E-state index in [1.165, 1.54) is 37.8 Å². The fourth-order valence-electron chi connectivity index (χ4n) is 4.83. The minimum absolute atomic E-state index is 0.275. The standard InChI is InChI=1S/C23H53N3OSi/c1-10-24(11-2)19-23(20-25(12-3)13-4,21-26(14-5)15-6)22-28(17-8,18-9)27-16-7/h10-22H2,1-9H3. The molecule has 0 spiro atoms. The molecule has 0 fully saturated rings. The molecule has 0 aliphatic rings. The third-order valence-electron chi connectivity index (χ3n) is 6.80. The van der Waals surface area contributed by atoms with Gasteiger partial charge in [0.15, 0.2) is 8.32 Å². The van der Waals surface area contributed by atoms with Gasteiger partial charge in [0, 0.05) is 31.7 Å². The average molecular weight is 416 g/mol. The average Bonchev–Trinajstić information content (AvgIpc) is 2.73. The molecular formula is C23H53N3OSi. The first kappa shape index (κ1) is 28.1. The van der Waals surface area contributed by atoms with Crippen LogP contribution < -0.4 is 0 Å². The van der Waals surface area contributed by atoms with Gasteiger partial charge in [0.05, 0.1) is 0 Å². The molecule has 0 rings (SSSR count). The van der Waals surface area contributed by atoms with Gasteiger partial charge in [-0.05, 0) is 64.3 Å². The van der Waals surface area contributed by atoms with Gasteiger partial charge in [-0.3, -0.25) is 0 Å². The van der Waals surface area contributed by atoms with Gasteiger partial charge in [-0.2, -0.15) is 0 Å². The molecule has 0 aromatic heterocycles. The van der Waals surface area contributed by atoms with Crippen molar-refractivity contribution in [3.8, 4) is 0 Å². The first-order valence-corrected chi connectivity index (χ1v) is 14.7. The maximum Gasteiger partial charge on any atom is 0.192 e. The Labute approximate surface area is 179 Å². The van der Waals surface area contributed by atoms with E-state index < -0.39 is 8.32 Å². The number of hydrogen-bond acceptors (Lipinski definition) is 4. The summed E-state index contributed by atoms with van der Waals surface area (Å²) in [5, 5.41) is 0. The summed E-state index contributed by atoms with van der Waals surface area (Å²) in [6.07, 6.45) is 0. The quantitative estimate of drug-likeness (QED) is 0.293. The zero-order valence-electron chi connectivity index (χ0n) is 20.9. The van der Waals surface area contributed by atoms with Crippen molar-refractivity contribution in [1.29, 1.82) is 0 Å². The fourth-order valence-corrected chi connectivity index (χ4v) is 8.65. The Bertz CT molecular complexity index is 329. The first-order chi connectivity index (χ1) is 13.4. The highest BCUT2D eigenvalue weighted by atomic mass is 28.4. The lowest BCUT2D eigenvalue weighted by Gasteiger charge is -2.47. The van der Waals surface area contributed by atoms with Crippen molar-refractivity contribution in [2.75, 3.05) is 65.5 Å². The van der Waals surface area contributed by atoms with Crippen LogP contribution in [-0.4, -0.2) is 88.5 Å². The van der Waals surface area contributed by atoms with E-state index >= 15 is 0 Å². The summed E-state index contributed by atoms with van der Waals surface area (Å²) in [4.78, 5) is 7.97. The van der Waals surface area contributed by atoms with Crippen molar-refractivity contribution in [1.82, 2.24) is 14.7 Å². The smallest absolute Gasteiger partial charge is 0.192 e. The maximum absolute atomic E-state index is 6.61. The van der Waals surface area contributed by atoms with Crippen molar-refractivity contribution in [2.45, 2.75) is 80.4 Å². The van der Waals surface area contributed by atoms with Gasteiger partial charge in [0.2, 0.25) is 0 Å². The highest BCUT2D eigenvalue weighted by Crippen LogP contribution is 2.37. The molecule has 0 unspecified atom stereocenters. The molecule has 0 aromatic carbocycles. The molecule has 0 saturated carbocycles. The maximum atomic E-state index is 6.61. The van der Waals surface area contributed by atoms with E-state index in [0.717, 1.165) is 45.9 Å². The van der Waals surface area contributed by atoms with E-state index in [1.807, 2.05) is 0 Å². The van der Waals surface area contributed by atoms with E-state index in [1.54, 1.807) is 0 Å². The zero-order valence-corrected chi connectivity index (χ0v) is 21.9. The van der Waals surface area contributed by atoms with Gasteiger partial charge in [-0.1, -0.05) is 55.4 Å². The minimum atomic E-state index is -1.74. The Kier molecular flexibility index (Phi) is 15.0. The van der Waals surface area contributed by atoms with Crippen molar-refractivity contribution in [3.05, 3.63) is 0 Å². The van der Waals surface area contributed by atoms with Crippen molar-refractivity contribution in [3.63, 3.8) is 0 Å². The van der Waals surface area contributed by atoms with E-state index in [-0.39, 0.29) is 5.41 Å². The summed E-state index contributed by atoms with van der Waals surface area (Å²) in [6, 6.07) is 3.74. The number of nitrogens with zero attached hydrogens (tertiary/aromatic N) is 3. The Morgan fingerprint density at radius 1 is 0.571 bits per heavy atom. The molecule has 0 aliphatic carbocycles. The van der Waals surface area contributed by atoms with Crippen molar-refractivity contribution < 1.29 is 4.43 Å². The lowest BCUT2D eigenvalue weighted by Crippen LogP contribution is -2.56. The van der Waals surface area contributed by atoms with Crippen LogP contribution in [0.4, 0.5) is 0 Å².